The lowest BCUT2D eigenvalue weighted by Gasteiger charge is -2.04. The van der Waals surface area contributed by atoms with Crippen LogP contribution in [-0.4, -0.2) is 15.9 Å². The number of nitrogens with one attached hydrogen (secondary N) is 1. The molecule has 0 radical (unpaired) electrons. The molecule has 0 aliphatic rings. The lowest BCUT2D eigenvalue weighted by Crippen LogP contribution is -2.24. The Labute approximate surface area is 109 Å². The van der Waals surface area contributed by atoms with E-state index in [9.17, 15) is 4.79 Å². The first-order valence-corrected chi connectivity index (χ1v) is 6.44. The van der Waals surface area contributed by atoms with Gasteiger partial charge in [-0.2, -0.15) is 0 Å². The predicted molar refractivity (Wildman–Crippen MR) is 71.3 cm³/mol. The van der Waals surface area contributed by atoms with Crippen LogP contribution < -0.4 is 11.1 Å². The maximum absolute atomic E-state index is 11.8. The number of carbonyl (C=O) groups excluding carboxylic acids is 1. The van der Waals surface area contributed by atoms with Crippen molar-refractivity contribution in [3.8, 4) is 0 Å². The molecule has 2 rings (SSSR count). The molecule has 0 unspecified atom stereocenters. The van der Waals surface area contributed by atoms with Gasteiger partial charge in [-0.3, -0.25) is 4.79 Å². The Hall–Kier alpha value is -1.95. The molecular formula is C12H14N4OS. The predicted octanol–water partition coefficient (Wildman–Crippen LogP) is 1.61. The Kier molecular flexibility index (Phi) is 3.88. The fraction of sp³-hybridized carbons (Fsp3) is 0.250. The summed E-state index contributed by atoms with van der Waals surface area (Å²) in [7, 11) is 0. The minimum Gasteiger partial charge on any atom is -0.397 e. The molecule has 0 aliphatic carbocycles. The van der Waals surface area contributed by atoms with Crippen molar-refractivity contribution in [2.75, 3.05) is 5.73 Å². The Morgan fingerprint density at radius 2 is 2.33 bits per heavy atom. The summed E-state index contributed by atoms with van der Waals surface area (Å²) in [6.07, 6.45) is 4.34. The van der Waals surface area contributed by atoms with Gasteiger partial charge in [0.2, 0.25) is 0 Å². The average Bonchev–Trinajstić information content (AvgIpc) is 2.84. The maximum atomic E-state index is 11.8. The number of nitrogens with two attached hydrogens (primary N) is 1. The van der Waals surface area contributed by atoms with Crippen LogP contribution in [0.4, 0.5) is 5.69 Å². The number of amides is 1. The van der Waals surface area contributed by atoms with E-state index in [0.717, 1.165) is 11.4 Å². The number of hydrogen-bond donors (Lipinski definition) is 2. The lowest BCUT2D eigenvalue weighted by molar-refractivity contribution is 0.0947. The molecule has 0 saturated heterocycles. The highest BCUT2D eigenvalue weighted by atomic mass is 32.1. The first-order valence-electron chi connectivity index (χ1n) is 5.63. The highest BCUT2D eigenvalue weighted by Crippen LogP contribution is 2.13. The van der Waals surface area contributed by atoms with Crippen LogP contribution in [0.3, 0.4) is 0 Å². The number of thiazole rings is 1. The molecule has 0 aliphatic heterocycles. The van der Waals surface area contributed by atoms with Crippen molar-refractivity contribution in [2.24, 2.45) is 0 Å². The number of nitrogen functional groups attached to an aromatic ring is 1. The molecular weight excluding hydrogens is 248 g/mol. The van der Waals surface area contributed by atoms with E-state index in [1.807, 2.05) is 6.20 Å². The average molecular weight is 262 g/mol. The monoisotopic (exact) mass is 262 g/mol. The van der Waals surface area contributed by atoms with Gasteiger partial charge in [0.1, 0.15) is 5.01 Å². The molecule has 1 amide bonds. The SMILES string of the molecule is CCc1cnc(CNC(=O)c2ncccc2N)s1. The van der Waals surface area contributed by atoms with Gasteiger partial charge in [-0.05, 0) is 18.6 Å². The Morgan fingerprint density at radius 1 is 1.50 bits per heavy atom. The summed E-state index contributed by atoms with van der Waals surface area (Å²) in [5, 5.41) is 3.64. The van der Waals surface area contributed by atoms with Crippen molar-refractivity contribution in [2.45, 2.75) is 19.9 Å². The summed E-state index contributed by atoms with van der Waals surface area (Å²) in [5.74, 6) is -0.277. The number of aromatic nitrogens is 2. The third kappa shape index (κ3) is 2.84. The van der Waals surface area contributed by atoms with Crippen molar-refractivity contribution in [3.05, 3.63) is 40.1 Å². The second-order valence-electron chi connectivity index (χ2n) is 3.70. The Balaban J connectivity index is 1.98. The molecule has 0 fully saturated rings. The number of pyridine rings is 1. The normalized spacial score (nSPS) is 10.3. The summed E-state index contributed by atoms with van der Waals surface area (Å²) >= 11 is 1.60. The fourth-order valence-electron chi connectivity index (χ4n) is 1.44. The molecule has 0 spiro atoms. The van der Waals surface area contributed by atoms with Gasteiger partial charge < -0.3 is 11.1 Å². The highest BCUT2D eigenvalue weighted by molar-refractivity contribution is 7.11. The number of hydrogen-bond acceptors (Lipinski definition) is 5. The highest BCUT2D eigenvalue weighted by Gasteiger charge is 2.11. The molecule has 6 heteroatoms. The molecule has 94 valence electrons. The van der Waals surface area contributed by atoms with Crippen molar-refractivity contribution >= 4 is 22.9 Å². The summed E-state index contributed by atoms with van der Waals surface area (Å²) < 4.78 is 0. The van der Waals surface area contributed by atoms with Crippen LogP contribution in [0.1, 0.15) is 27.3 Å². The van der Waals surface area contributed by atoms with Gasteiger partial charge in [-0.15, -0.1) is 11.3 Å². The van der Waals surface area contributed by atoms with Gasteiger partial charge in [-0.1, -0.05) is 6.92 Å². The van der Waals surface area contributed by atoms with E-state index in [0.29, 0.717) is 12.2 Å². The van der Waals surface area contributed by atoms with Gasteiger partial charge in [0.05, 0.1) is 12.2 Å². The standard InChI is InChI=1S/C12H14N4OS/c1-2-8-6-15-10(18-8)7-16-12(17)11-9(13)4-3-5-14-11/h3-6H,2,7,13H2,1H3,(H,16,17). The molecule has 2 aromatic heterocycles. The van der Waals surface area contributed by atoms with Crippen LogP contribution in [0.15, 0.2) is 24.5 Å². The van der Waals surface area contributed by atoms with Crippen molar-refractivity contribution in [1.29, 1.82) is 0 Å². The molecule has 0 atom stereocenters. The first-order chi connectivity index (χ1) is 8.70. The van der Waals surface area contributed by atoms with Gasteiger partial charge in [-0.25, -0.2) is 9.97 Å². The number of rotatable bonds is 4. The van der Waals surface area contributed by atoms with E-state index < -0.39 is 0 Å². The second-order valence-corrected chi connectivity index (χ2v) is 4.90. The Bertz CT molecular complexity index is 553. The van der Waals surface area contributed by atoms with E-state index in [1.54, 1.807) is 29.7 Å². The van der Waals surface area contributed by atoms with Crippen LogP contribution >= 0.6 is 11.3 Å². The summed E-state index contributed by atoms with van der Waals surface area (Å²) in [6, 6.07) is 3.35. The molecule has 0 bridgehead atoms. The summed E-state index contributed by atoms with van der Waals surface area (Å²) in [6.45, 7) is 2.48. The molecule has 5 nitrogen and oxygen atoms in total. The third-order valence-electron chi connectivity index (χ3n) is 2.40. The van der Waals surface area contributed by atoms with Crippen LogP contribution in [0, 0.1) is 0 Å². The smallest absolute Gasteiger partial charge is 0.272 e. The zero-order valence-corrected chi connectivity index (χ0v) is 10.8. The largest absolute Gasteiger partial charge is 0.397 e. The molecule has 18 heavy (non-hydrogen) atoms. The number of nitrogens with zero attached hydrogens (tertiary/aromatic N) is 2. The van der Waals surface area contributed by atoms with E-state index >= 15 is 0 Å². The number of aryl methyl sites for hydroxylation is 1. The molecule has 2 aromatic rings. The third-order valence-corrected chi connectivity index (χ3v) is 3.55. The zero-order valence-electron chi connectivity index (χ0n) is 10.0. The quantitative estimate of drug-likeness (QED) is 0.877. The Morgan fingerprint density at radius 3 is 3.00 bits per heavy atom. The minimum absolute atomic E-state index is 0.254. The topological polar surface area (TPSA) is 80.9 Å². The van der Waals surface area contributed by atoms with E-state index in [2.05, 4.69) is 22.2 Å². The van der Waals surface area contributed by atoms with E-state index in [4.69, 9.17) is 5.73 Å². The van der Waals surface area contributed by atoms with Crippen LogP contribution in [0.5, 0.6) is 0 Å². The lowest BCUT2D eigenvalue weighted by atomic mass is 10.3. The zero-order chi connectivity index (χ0) is 13.0. The first kappa shape index (κ1) is 12.5. The van der Waals surface area contributed by atoms with E-state index in [1.165, 1.54) is 4.88 Å². The minimum atomic E-state index is -0.277. The van der Waals surface area contributed by atoms with Crippen LogP contribution in [-0.2, 0) is 13.0 Å². The van der Waals surface area contributed by atoms with Crippen molar-refractivity contribution in [1.82, 2.24) is 15.3 Å². The van der Waals surface area contributed by atoms with Crippen LogP contribution in [0.25, 0.3) is 0 Å². The van der Waals surface area contributed by atoms with Gasteiger partial charge in [0, 0.05) is 17.3 Å². The summed E-state index contributed by atoms with van der Waals surface area (Å²) in [5.41, 5.74) is 6.31. The van der Waals surface area contributed by atoms with Gasteiger partial charge >= 0.3 is 0 Å². The maximum Gasteiger partial charge on any atom is 0.272 e. The van der Waals surface area contributed by atoms with Gasteiger partial charge in [0.15, 0.2) is 5.69 Å². The van der Waals surface area contributed by atoms with E-state index in [-0.39, 0.29) is 11.6 Å². The number of anilines is 1. The second kappa shape index (κ2) is 5.59. The molecule has 2 heterocycles. The molecule has 0 saturated carbocycles. The van der Waals surface area contributed by atoms with Crippen molar-refractivity contribution < 1.29 is 4.79 Å². The fourth-order valence-corrected chi connectivity index (χ4v) is 2.24. The molecule has 3 N–H and O–H groups in total. The van der Waals surface area contributed by atoms with Crippen LogP contribution in [0.2, 0.25) is 0 Å². The summed E-state index contributed by atoms with van der Waals surface area (Å²) in [4.78, 5) is 21.2. The van der Waals surface area contributed by atoms with Gasteiger partial charge in [0.25, 0.3) is 5.91 Å². The van der Waals surface area contributed by atoms with Crippen molar-refractivity contribution in [3.63, 3.8) is 0 Å². The molecule has 0 aromatic carbocycles. The number of carbonyl (C=O) groups is 1.